The maximum atomic E-state index is 12.6. The number of thiophene rings is 1. The summed E-state index contributed by atoms with van der Waals surface area (Å²) in [7, 11) is 0. The molecule has 3 rings (SSSR count). The van der Waals surface area contributed by atoms with Crippen LogP contribution in [0.2, 0.25) is 0 Å². The molecule has 1 aliphatic heterocycles. The molecular formula is C20H27N3OS. The van der Waals surface area contributed by atoms with Gasteiger partial charge in [-0.15, -0.1) is 0 Å². The van der Waals surface area contributed by atoms with E-state index in [1.54, 1.807) is 11.3 Å². The second kappa shape index (κ2) is 9.13. The van der Waals surface area contributed by atoms with Crippen molar-refractivity contribution < 1.29 is 4.79 Å². The van der Waals surface area contributed by atoms with Crippen LogP contribution in [0.15, 0.2) is 47.2 Å². The number of nitrogens with zero attached hydrogens (tertiary/aromatic N) is 3. The van der Waals surface area contributed by atoms with Gasteiger partial charge in [0.05, 0.1) is 6.54 Å². The van der Waals surface area contributed by atoms with Gasteiger partial charge in [0, 0.05) is 39.3 Å². The molecule has 4 nitrogen and oxygen atoms in total. The van der Waals surface area contributed by atoms with E-state index in [0.29, 0.717) is 6.54 Å². The highest BCUT2D eigenvalue weighted by atomic mass is 32.1. The third-order valence-electron chi connectivity index (χ3n) is 4.77. The highest BCUT2D eigenvalue weighted by Crippen LogP contribution is 2.12. The van der Waals surface area contributed by atoms with E-state index in [1.807, 2.05) is 11.0 Å². The lowest BCUT2D eigenvalue weighted by Gasteiger charge is -2.35. The highest BCUT2D eigenvalue weighted by molar-refractivity contribution is 7.07. The van der Waals surface area contributed by atoms with Crippen LogP contribution in [0.25, 0.3) is 0 Å². The van der Waals surface area contributed by atoms with Crippen molar-refractivity contribution in [3.8, 4) is 0 Å². The molecule has 1 aromatic carbocycles. The van der Waals surface area contributed by atoms with E-state index in [9.17, 15) is 4.79 Å². The number of hydrogen-bond acceptors (Lipinski definition) is 4. The van der Waals surface area contributed by atoms with Crippen LogP contribution < -0.4 is 0 Å². The zero-order valence-electron chi connectivity index (χ0n) is 14.9. The van der Waals surface area contributed by atoms with Crippen LogP contribution in [-0.4, -0.2) is 59.9 Å². The molecule has 0 bridgehead atoms. The van der Waals surface area contributed by atoms with Crippen LogP contribution >= 0.6 is 11.3 Å². The summed E-state index contributed by atoms with van der Waals surface area (Å²) in [6.45, 7) is 8.96. The molecule has 0 unspecified atom stereocenters. The molecule has 134 valence electrons. The lowest BCUT2D eigenvalue weighted by Crippen LogP contribution is -2.50. The predicted molar refractivity (Wildman–Crippen MR) is 104 cm³/mol. The van der Waals surface area contributed by atoms with Crippen molar-refractivity contribution in [3.05, 3.63) is 58.3 Å². The Morgan fingerprint density at radius 2 is 1.84 bits per heavy atom. The minimum absolute atomic E-state index is 0.257. The number of likely N-dealkylation sites (N-methyl/N-ethyl adjacent to an activating group) is 1. The van der Waals surface area contributed by atoms with Crippen molar-refractivity contribution in [2.24, 2.45) is 0 Å². The van der Waals surface area contributed by atoms with Gasteiger partial charge in [0.25, 0.3) is 0 Å². The first kappa shape index (κ1) is 18.1. The van der Waals surface area contributed by atoms with Gasteiger partial charge in [-0.3, -0.25) is 14.6 Å². The highest BCUT2D eigenvalue weighted by Gasteiger charge is 2.22. The van der Waals surface area contributed by atoms with Gasteiger partial charge >= 0.3 is 0 Å². The number of carbonyl (C=O) groups is 1. The summed E-state index contributed by atoms with van der Waals surface area (Å²) in [6, 6.07) is 12.6. The quantitative estimate of drug-likeness (QED) is 0.762. The van der Waals surface area contributed by atoms with Crippen molar-refractivity contribution >= 4 is 17.2 Å². The molecule has 0 N–H and O–H groups in total. The van der Waals surface area contributed by atoms with Gasteiger partial charge in [0.15, 0.2) is 0 Å². The van der Waals surface area contributed by atoms with Gasteiger partial charge in [-0.2, -0.15) is 11.3 Å². The van der Waals surface area contributed by atoms with E-state index in [-0.39, 0.29) is 5.91 Å². The van der Waals surface area contributed by atoms with Gasteiger partial charge in [-0.25, -0.2) is 0 Å². The average molecular weight is 358 g/mol. The SMILES string of the molecule is CCN(CC(=O)N1CCN(Cc2ccsc2)CC1)Cc1ccccc1. The Balaban J connectivity index is 1.45. The molecule has 0 atom stereocenters. The molecule has 0 saturated carbocycles. The van der Waals surface area contributed by atoms with Crippen molar-refractivity contribution in [1.82, 2.24) is 14.7 Å². The van der Waals surface area contributed by atoms with E-state index >= 15 is 0 Å². The second-order valence-electron chi connectivity index (χ2n) is 6.58. The molecular weight excluding hydrogens is 330 g/mol. The van der Waals surface area contributed by atoms with Gasteiger partial charge < -0.3 is 4.90 Å². The molecule has 2 aromatic rings. The lowest BCUT2D eigenvalue weighted by molar-refractivity contribution is -0.134. The van der Waals surface area contributed by atoms with Crippen LogP contribution in [0, 0.1) is 0 Å². The smallest absolute Gasteiger partial charge is 0.236 e. The molecule has 1 aliphatic rings. The molecule has 0 spiro atoms. The summed E-state index contributed by atoms with van der Waals surface area (Å²) in [6.07, 6.45) is 0. The predicted octanol–water partition coefficient (Wildman–Crippen LogP) is 2.91. The fraction of sp³-hybridized carbons (Fsp3) is 0.450. The zero-order valence-corrected chi connectivity index (χ0v) is 15.8. The summed E-state index contributed by atoms with van der Waals surface area (Å²) >= 11 is 1.75. The fourth-order valence-electron chi connectivity index (χ4n) is 3.21. The van der Waals surface area contributed by atoms with Crippen molar-refractivity contribution in [2.45, 2.75) is 20.0 Å². The summed E-state index contributed by atoms with van der Waals surface area (Å²) in [4.78, 5) is 19.3. The first-order chi connectivity index (χ1) is 12.2. The molecule has 1 amide bonds. The number of hydrogen-bond donors (Lipinski definition) is 0. The largest absolute Gasteiger partial charge is 0.339 e. The normalized spacial score (nSPS) is 15.7. The van der Waals surface area contributed by atoms with Crippen LogP contribution in [-0.2, 0) is 17.9 Å². The van der Waals surface area contributed by atoms with Crippen LogP contribution in [0.5, 0.6) is 0 Å². The molecule has 2 heterocycles. The summed E-state index contributed by atoms with van der Waals surface area (Å²) in [5.41, 5.74) is 2.64. The van der Waals surface area contributed by atoms with E-state index in [1.165, 1.54) is 11.1 Å². The Labute approximate surface area is 154 Å². The molecule has 25 heavy (non-hydrogen) atoms. The van der Waals surface area contributed by atoms with Gasteiger partial charge in [-0.1, -0.05) is 37.3 Å². The molecule has 1 aromatic heterocycles. The van der Waals surface area contributed by atoms with Gasteiger partial charge in [0.1, 0.15) is 0 Å². The number of rotatable bonds is 7. The number of piperazine rings is 1. The monoisotopic (exact) mass is 357 g/mol. The Morgan fingerprint density at radius 1 is 1.08 bits per heavy atom. The van der Waals surface area contributed by atoms with Crippen LogP contribution in [0.3, 0.4) is 0 Å². The Bertz CT molecular complexity index is 636. The zero-order chi connectivity index (χ0) is 17.5. The molecule has 1 fully saturated rings. The summed E-state index contributed by atoms with van der Waals surface area (Å²) in [5.74, 6) is 0.257. The Kier molecular flexibility index (Phi) is 6.62. The molecule has 0 aliphatic carbocycles. The summed E-state index contributed by atoms with van der Waals surface area (Å²) in [5, 5.41) is 4.33. The van der Waals surface area contributed by atoms with E-state index in [2.05, 4.69) is 57.8 Å². The standard InChI is InChI=1S/C20H27N3OS/c1-2-21(14-18-6-4-3-5-7-18)16-20(24)23-11-9-22(10-12-23)15-19-8-13-25-17-19/h3-8,13,17H,2,9-12,14-16H2,1H3. The van der Waals surface area contributed by atoms with Crippen LogP contribution in [0.4, 0.5) is 0 Å². The fourth-order valence-corrected chi connectivity index (χ4v) is 3.87. The van der Waals surface area contributed by atoms with E-state index in [4.69, 9.17) is 0 Å². The first-order valence-electron chi connectivity index (χ1n) is 9.02. The maximum absolute atomic E-state index is 12.6. The second-order valence-corrected chi connectivity index (χ2v) is 7.36. The Morgan fingerprint density at radius 3 is 2.48 bits per heavy atom. The topological polar surface area (TPSA) is 26.8 Å². The van der Waals surface area contributed by atoms with Crippen molar-refractivity contribution in [1.29, 1.82) is 0 Å². The van der Waals surface area contributed by atoms with E-state index in [0.717, 1.165) is 45.8 Å². The van der Waals surface area contributed by atoms with Crippen molar-refractivity contribution in [3.63, 3.8) is 0 Å². The van der Waals surface area contributed by atoms with E-state index < -0.39 is 0 Å². The first-order valence-corrected chi connectivity index (χ1v) is 9.96. The molecule has 1 saturated heterocycles. The number of benzene rings is 1. The lowest BCUT2D eigenvalue weighted by atomic mass is 10.2. The van der Waals surface area contributed by atoms with Gasteiger partial charge in [0.2, 0.25) is 5.91 Å². The maximum Gasteiger partial charge on any atom is 0.236 e. The third-order valence-corrected chi connectivity index (χ3v) is 5.50. The van der Waals surface area contributed by atoms with Crippen molar-refractivity contribution in [2.75, 3.05) is 39.3 Å². The molecule has 5 heteroatoms. The van der Waals surface area contributed by atoms with Crippen LogP contribution in [0.1, 0.15) is 18.1 Å². The average Bonchev–Trinajstić information content (AvgIpc) is 3.15. The number of amides is 1. The van der Waals surface area contributed by atoms with Gasteiger partial charge in [-0.05, 0) is 34.5 Å². The Hall–Kier alpha value is -1.69. The summed E-state index contributed by atoms with van der Waals surface area (Å²) < 4.78 is 0. The molecule has 0 radical (unpaired) electrons. The third kappa shape index (κ3) is 5.39. The minimum atomic E-state index is 0.257. The minimum Gasteiger partial charge on any atom is -0.339 e. The number of carbonyl (C=O) groups excluding carboxylic acids is 1.